The van der Waals surface area contributed by atoms with Crippen molar-refractivity contribution in [2.45, 2.75) is 39.7 Å². The molecule has 1 unspecified atom stereocenters. The quantitative estimate of drug-likeness (QED) is 0.715. The predicted octanol–water partition coefficient (Wildman–Crippen LogP) is 4.18. The zero-order chi connectivity index (χ0) is 19.1. The average molecular weight is 402 g/mol. The number of anilines is 1. The number of halogens is 1. The third-order valence-electron chi connectivity index (χ3n) is 5.06. The maximum Gasteiger partial charge on any atom is 0.263 e. The maximum absolute atomic E-state index is 13.1. The summed E-state index contributed by atoms with van der Waals surface area (Å²) in [6.07, 6.45) is 2.99. The van der Waals surface area contributed by atoms with Crippen molar-refractivity contribution in [2.24, 2.45) is 5.92 Å². The molecule has 1 atom stereocenters. The summed E-state index contributed by atoms with van der Waals surface area (Å²) in [5.74, 6) is 0.885. The van der Waals surface area contributed by atoms with E-state index < -0.39 is 0 Å². The summed E-state index contributed by atoms with van der Waals surface area (Å²) in [6, 6.07) is 7.03. The Bertz CT molecular complexity index is 1100. The van der Waals surface area contributed by atoms with Crippen molar-refractivity contribution < 1.29 is 4.79 Å². The molecular weight excluding hydrogens is 382 g/mol. The third-order valence-corrected chi connectivity index (χ3v) is 6.53. The van der Waals surface area contributed by atoms with Gasteiger partial charge in [0.1, 0.15) is 17.2 Å². The van der Waals surface area contributed by atoms with Crippen LogP contribution in [0.5, 0.6) is 0 Å². The van der Waals surface area contributed by atoms with Gasteiger partial charge >= 0.3 is 0 Å². The van der Waals surface area contributed by atoms with Crippen LogP contribution in [-0.2, 0) is 24.2 Å². The molecule has 0 saturated carbocycles. The van der Waals surface area contributed by atoms with Gasteiger partial charge in [0.2, 0.25) is 5.91 Å². The molecule has 1 aliphatic carbocycles. The highest BCUT2D eigenvalue weighted by molar-refractivity contribution is 7.18. The Balaban J connectivity index is 1.69. The van der Waals surface area contributed by atoms with Crippen LogP contribution in [0.15, 0.2) is 29.1 Å². The highest BCUT2D eigenvalue weighted by Gasteiger charge is 2.24. The molecule has 140 valence electrons. The van der Waals surface area contributed by atoms with Gasteiger partial charge < -0.3 is 5.32 Å². The van der Waals surface area contributed by atoms with E-state index in [4.69, 9.17) is 11.6 Å². The molecule has 7 heteroatoms. The Morgan fingerprint density at radius 2 is 2.19 bits per heavy atom. The second-order valence-corrected chi connectivity index (χ2v) is 8.60. The number of benzene rings is 1. The molecule has 0 fully saturated rings. The smallest absolute Gasteiger partial charge is 0.263 e. The van der Waals surface area contributed by atoms with Crippen molar-refractivity contribution in [3.63, 3.8) is 0 Å². The Kier molecular flexibility index (Phi) is 4.78. The van der Waals surface area contributed by atoms with Gasteiger partial charge in [0.15, 0.2) is 0 Å². The molecule has 1 aromatic carbocycles. The van der Waals surface area contributed by atoms with Crippen molar-refractivity contribution in [1.82, 2.24) is 9.55 Å². The Morgan fingerprint density at radius 1 is 1.41 bits per heavy atom. The number of carbonyl (C=O) groups is 1. The van der Waals surface area contributed by atoms with Crippen LogP contribution in [0, 0.1) is 12.8 Å². The van der Waals surface area contributed by atoms with Gasteiger partial charge in [-0.2, -0.15) is 0 Å². The fourth-order valence-corrected chi connectivity index (χ4v) is 5.21. The summed E-state index contributed by atoms with van der Waals surface area (Å²) < 4.78 is 1.46. The largest absolute Gasteiger partial charge is 0.323 e. The van der Waals surface area contributed by atoms with Crippen molar-refractivity contribution in [2.75, 3.05) is 5.32 Å². The summed E-state index contributed by atoms with van der Waals surface area (Å²) >= 11 is 7.72. The number of hydrogen-bond acceptors (Lipinski definition) is 4. The molecule has 0 aliphatic heterocycles. The zero-order valence-electron chi connectivity index (χ0n) is 15.2. The van der Waals surface area contributed by atoms with E-state index in [9.17, 15) is 9.59 Å². The van der Waals surface area contributed by atoms with Crippen LogP contribution in [0.1, 0.15) is 29.6 Å². The number of nitrogens with one attached hydrogen (secondary N) is 1. The van der Waals surface area contributed by atoms with Crippen molar-refractivity contribution in [3.8, 4) is 0 Å². The minimum Gasteiger partial charge on any atom is -0.323 e. The molecule has 0 bridgehead atoms. The summed E-state index contributed by atoms with van der Waals surface area (Å²) in [6.45, 7) is 3.92. The van der Waals surface area contributed by atoms with E-state index in [1.165, 1.54) is 9.44 Å². The van der Waals surface area contributed by atoms with Gasteiger partial charge in [0, 0.05) is 4.88 Å². The van der Waals surface area contributed by atoms with E-state index in [-0.39, 0.29) is 18.0 Å². The first kappa shape index (κ1) is 18.2. The van der Waals surface area contributed by atoms with E-state index in [0.717, 1.165) is 29.7 Å². The number of hydrogen-bond donors (Lipinski definition) is 1. The van der Waals surface area contributed by atoms with Crippen LogP contribution in [0.3, 0.4) is 0 Å². The molecule has 2 heterocycles. The van der Waals surface area contributed by atoms with Crippen LogP contribution in [0.25, 0.3) is 10.2 Å². The number of nitrogens with zero attached hydrogens (tertiary/aromatic N) is 2. The molecule has 0 saturated heterocycles. The van der Waals surface area contributed by atoms with Gasteiger partial charge in [-0.05, 0) is 49.8 Å². The van der Waals surface area contributed by atoms with Gasteiger partial charge in [-0.3, -0.25) is 14.2 Å². The summed E-state index contributed by atoms with van der Waals surface area (Å²) in [5, 5.41) is 3.92. The molecule has 5 nitrogen and oxygen atoms in total. The second-order valence-electron chi connectivity index (χ2n) is 7.11. The fourth-order valence-electron chi connectivity index (χ4n) is 3.61. The molecular formula is C20H20ClN3O2S. The van der Waals surface area contributed by atoms with Crippen molar-refractivity contribution in [1.29, 1.82) is 0 Å². The Morgan fingerprint density at radius 3 is 2.96 bits per heavy atom. The molecule has 0 spiro atoms. The van der Waals surface area contributed by atoms with E-state index in [0.29, 0.717) is 27.8 Å². The number of para-hydroxylation sites is 1. The van der Waals surface area contributed by atoms with E-state index in [1.54, 1.807) is 42.5 Å². The number of aryl methyl sites for hydroxylation is 2. The number of carbonyl (C=O) groups excluding carboxylic acids is 1. The highest BCUT2D eigenvalue weighted by atomic mass is 35.5. The Hall–Kier alpha value is -2.18. The summed E-state index contributed by atoms with van der Waals surface area (Å²) in [7, 11) is 0. The molecule has 3 aromatic rings. The van der Waals surface area contributed by atoms with Gasteiger partial charge in [-0.1, -0.05) is 30.7 Å². The first-order chi connectivity index (χ1) is 12.9. The number of thiophene rings is 1. The molecule has 4 rings (SSSR count). The van der Waals surface area contributed by atoms with E-state index >= 15 is 0 Å². The van der Waals surface area contributed by atoms with E-state index in [1.807, 2.05) is 0 Å². The van der Waals surface area contributed by atoms with E-state index in [2.05, 4.69) is 17.2 Å². The average Bonchev–Trinajstić information content (AvgIpc) is 2.97. The lowest BCUT2D eigenvalue weighted by Gasteiger charge is -2.17. The van der Waals surface area contributed by atoms with Gasteiger partial charge in [0.25, 0.3) is 5.56 Å². The van der Waals surface area contributed by atoms with Crippen molar-refractivity contribution in [3.05, 3.63) is 55.9 Å². The zero-order valence-corrected chi connectivity index (χ0v) is 16.8. The molecule has 27 heavy (non-hydrogen) atoms. The van der Waals surface area contributed by atoms with Crippen LogP contribution < -0.4 is 10.9 Å². The topological polar surface area (TPSA) is 64.0 Å². The van der Waals surface area contributed by atoms with Gasteiger partial charge in [-0.15, -0.1) is 11.3 Å². The van der Waals surface area contributed by atoms with Crippen molar-refractivity contribution >= 4 is 44.7 Å². The summed E-state index contributed by atoms with van der Waals surface area (Å²) in [4.78, 5) is 32.3. The Labute approximate surface area is 166 Å². The molecule has 1 amide bonds. The number of rotatable bonds is 3. The van der Waals surface area contributed by atoms with Crippen LogP contribution in [-0.4, -0.2) is 15.5 Å². The lowest BCUT2D eigenvalue weighted by Crippen LogP contribution is -2.30. The molecule has 1 N–H and O–H groups in total. The number of aromatic nitrogens is 2. The standard InChI is InChI=1S/C20H20ClN3O2S/c1-11-7-8-13-16(9-11)27-19-18(13)20(26)24(12(2)22-19)10-17(25)23-15-6-4-3-5-14(15)21/h3-6,11H,7-10H2,1-2H3,(H,23,25). The SMILES string of the molecule is Cc1nc2sc3c(c2c(=O)n1CC(=O)Nc1ccccc1Cl)CCC(C)C3. The normalized spacial score (nSPS) is 16.3. The minimum absolute atomic E-state index is 0.0835. The third kappa shape index (κ3) is 3.39. The monoisotopic (exact) mass is 401 g/mol. The first-order valence-electron chi connectivity index (χ1n) is 9.00. The lowest BCUT2D eigenvalue weighted by molar-refractivity contribution is -0.116. The molecule has 2 aromatic heterocycles. The fraction of sp³-hybridized carbons (Fsp3) is 0.350. The lowest BCUT2D eigenvalue weighted by atomic mass is 9.89. The maximum atomic E-state index is 13.1. The predicted molar refractivity (Wildman–Crippen MR) is 110 cm³/mol. The van der Waals surface area contributed by atoms with Gasteiger partial charge in [0.05, 0.1) is 16.1 Å². The van der Waals surface area contributed by atoms with Crippen LogP contribution in [0.4, 0.5) is 5.69 Å². The number of fused-ring (bicyclic) bond motifs is 3. The molecule has 0 radical (unpaired) electrons. The highest BCUT2D eigenvalue weighted by Crippen LogP contribution is 2.35. The van der Waals surface area contributed by atoms with Gasteiger partial charge in [-0.25, -0.2) is 4.98 Å². The minimum atomic E-state index is -0.299. The van der Waals surface area contributed by atoms with Crippen LogP contribution in [0.2, 0.25) is 5.02 Å². The molecule has 1 aliphatic rings. The van der Waals surface area contributed by atoms with Crippen LogP contribution >= 0.6 is 22.9 Å². The summed E-state index contributed by atoms with van der Waals surface area (Å²) in [5.41, 5.74) is 1.54. The second kappa shape index (κ2) is 7.09. The first-order valence-corrected chi connectivity index (χ1v) is 10.2. The number of amides is 1.